The van der Waals surface area contributed by atoms with Gasteiger partial charge in [-0.15, -0.1) is 17.5 Å². The van der Waals surface area contributed by atoms with Crippen LogP contribution in [0.2, 0.25) is 5.02 Å². The van der Waals surface area contributed by atoms with Crippen molar-refractivity contribution in [2.75, 3.05) is 19.6 Å². The summed E-state index contributed by atoms with van der Waals surface area (Å²) in [5.41, 5.74) is 1.09. The second-order valence-corrected chi connectivity index (χ2v) is 7.52. The van der Waals surface area contributed by atoms with Gasteiger partial charge in [0, 0.05) is 17.0 Å². The highest BCUT2D eigenvalue weighted by Gasteiger charge is 2.25. The molecule has 6 nitrogen and oxygen atoms in total. The van der Waals surface area contributed by atoms with Gasteiger partial charge in [0.05, 0.1) is 12.2 Å². The van der Waals surface area contributed by atoms with E-state index in [1.807, 2.05) is 28.9 Å². The van der Waals surface area contributed by atoms with Crippen LogP contribution >= 0.6 is 24.0 Å². The average Bonchev–Trinajstić information content (AvgIpc) is 3.11. The van der Waals surface area contributed by atoms with Crippen molar-refractivity contribution in [3.8, 4) is 0 Å². The van der Waals surface area contributed by atoms with E-state index in [0.29, 0.717) is 23.3 Å². The Bertz CT molecular complexity index is 741. The lowest BCUT2D eigenvalue weighted by molar-refractivity contribution is 0.0940. The van der Waals surface area contributed by atoms with Gasteiger partial charge in [-0.2, -0.15) is 0 Å². The van der Waals surface area contributed by atoms with Gasteiger partial charge in [0.15, 0.2) is 5.69 Å². The zero-order valence-corrected chi connectivity index (χ0v) is 16.6. The van der Waals surface area contributed by atoms with E-state index in [1.165, 1.54) is 0 Å². The largest absolute Gasteiger partial charge is 0.350 e. The first-order chi connectivity index (χ1) is 12.0. The summed E-state index contributed by atoms with van der Waals surface area (Å²) in [6, 6.07) is 8.02. The van der Waals surface area contributed by atoms with Gasteiger partial charge in [0.2, 0.25) is 0 Å². The average molecular weight is 398 g/mol. The van der Waals surface area contributed by atoms with Gasteiger partial charge in [-0.05, 0) is 37.6 Å². The Morgan fingerprint density at radius 2 is 2.04 bits per heavy atom. The summed E-state index contributed by atoms with van der Waals surface area (Å²) in [6.07, 6.45) is 3.75. The molecule has 1 saturated heterocycles. The Balaban J connectivity index is 0.00000243. The second kappa shape index (κ2) is 8.84. The fourth-order valence-corrected chi connectivity index (χ4v) is 3.52. The molecule has 1 aliphatic rings. The molecular formula is C18H25Cl2N5O. The fourth-order valence-electron chi connectivity index (χ4n) is 3.13. The van der Waals surface area contributed by atoms with Crippen molar-refractivity contribution in [2.24, 2.45) is 0 Å². The number of hydrogen-bond donors (Lipinski definition) is 2. The van der Waals surface area contributed by atoms with Crippen molar-refractivity contribution in [3.05, 3.63) is 46.7 Å². The van der Waals surface area contributed by atoms with E-state index in [-0.39, 0.29) is 23.7 Å². The number of nitrogens with zero attached hydrogens (tertiary/aromatic N) is 3. The van der Waals surface area contributed by atoms with Crippen LogP contribution in [0.15, 0.2) is 30.5 Å². The smallest absolute Gasteiger partial charge is 0.273 e. The highest BCUT2D eigenvalue weighted by atomic mass is 35.5. The quantitative estimate of drug-likeness (QED) is 0.813. The van der Waals surface area contributed by atoms with Gasteiger partial charge < -0.3 is 10.6 Å². The van der Waals surface area contributed by atoms with E-state index in [1.54, 1.807) is 6.20 Å². The van der Waals surface area contributed by atoms with Crippen LogP contribution in [-0.4, -0.2) is 40.5 Å². The first-order valence-corrected chi connectivity index (χ1v) is 9.01. The number of carbonyl (C=O) groups is 1. The van der Waals surface area contributed by atoms with E-state index in [4.69, 9.17) is 11.6 Å². The number of benzene rings is 1. The maximum absolute atomic E-state index is 12.4. The molecule has 8 heteroatoms. The molecule has 3 rings (SSSR count). The van der Waals surface area contributed by atoms with Gasteiger partial charge in [-0.3, -0.25) is 4.79 Å². The molecule has 1 aromatic carbocycles. The normalized spacial score (nSPS) is 15.3. The molecule has 1 aliphatic heterocycles. The standard InChI is InChI=1S/C18H24ClN5O.ClH/c1-18(2,14-5-3-4-6-15(14)19)12-21-17(25)16-11-24(23-22-16)13-7-9-20-10-8-13;/h3-6,11,13,20H,7-10,12H2,1-2H3,(H,21,25);1H. The van der Waals surface area contributed by atoms with Crippen molar-refractivity contribution < 1.29 is 4.79 Å². The van der Waals surface area contributed by atoms with E-state index in [0.717, 1.165) is 31.5 Å². The molecule has 2 aromatic rings. The summed E-state index contributed by atoms with van der Waals surface area (Å²) < 4.78 is 1.81. The second-order valence-electron chi connectivity index (χ2n) is 7.11. The molecule has 0 spiro atoms. The van der Waals surface area contributed by atoms with Gasteiger partial charge >= 0.3 is 0 Å². The Morgan fingerprint density at radius 1 is 1.35 bits per heavy atom. The lowest BCUT2D eigenvalue weighted by atomic mass is 9.84. The highest BCUT2D eigenvalue weighted by Crippen LogP contribution is 2.29. The predicted molar refractivity (Wildman–Crippen MR) is 105 cm³/mol. The van der Waals surface area contributed by atoms with Gasteiger partial charge in [0.1, 0.15) is 0 Å². The minimum atomic E-state index is -0.279. The Hall–Kier alpha value is -1.63. The van der Waals surface area contributed by atoms with E-state index < -0.39 is 0 Å². The summed E-state index contributed by atoms with van der Waals surface area (Å²) in [4.78, 5) is 12.4. The number of halogens is 2. The maximum atomic E-state index is 12.4. The molecule has 1 fully saturated rings. The summed E-state index contributed by atoms with van der Waals surface area (Å²) in [5, 5.41) is 15.2. The van der Waals surface area contributed by atoms with Crippen molar-refractivity contribution in [1.29, 1.82) is 0 Å². The fraction of sp³-hybridized carbons (Fsp3) is 0.500. The first-order valence-electron chi connectivity index (χ1n) is 8.63. The van der Waals surface area contributed by atoms with E-state index in [9.17, 15) is 4.79 Å². The Morgan fingerprint density at radius 3 is 2.73 bits per heavy atom. The lowest BCUT2D eigenvalue weighted by Gasteiger charge is -2.26. The summed E-state index contributed by atoms with van der Waals surface area (Å²) in [7, 11) is 0. The van der Waals surface area contributed by atoms with Crippen molar-refractivity contribution in [1.82, 2.24) is 25.6 Å². The molecule has 0 atom stereocenters. The molecule has 142 valence electrons. The minimum Gasteiger partial charge on any atom is -0.350 e. The summed E-state index contributed by atoms with van der Waals surface area (Å²) in [6.45, 7) is 6.52. The molecule has 1 amide bonds. The topological polar surface area (TPSA) is 71.8 Å². The third-order valence-electron chi connectivity index (χ3n) is 4.72. The van der Waals surface area contributed by atoms with E-state index in [2.05, 4.69) is 34.8 Å². The van der Waals surface area contributed by atoms with Crippen LogP contribution < -0.4 is 10.6 Å². The molecule has 0 unspecified atom stereocenters. The molecular weight excluding hydrogens is 373 g/mol. The number of aromatic nitrogens is 3. The third-order valence-corrected chi connectivity index (χ3v) is 5.05. The van der Waals surface area contributed by atoms with E-state index >= 15 is 0 Å². The Kier molecular flexibility index (Phi) is 7.03. The third kappa shape index (κ3) is 4.75. The molecule has 2 N–H and O–H groups in total. The van der Waals surface area contributed by atoms with Crippen molar-refractivity contribution >= 4 is 29.9 Å². The zero-order chi connectivity index (χ0) is 17.9. The van der Waals surface area contributed by atoms with Crippen LogP contribution in [0.3, 0.4) is 0 Å². The molecule has 0 radical (unpaired) electrons. The van der Waals surface area contributed by atoms with Crippen LogP contribution in [0.25, 0.3) is 0 Å². The summed E-state index contributed by atoms with van der Waals surface area (Å²) in [5.74, 6) is -0.208. The van der Waals surface area contributed by atoms with Crippen molar-refractivity contribution in [3.63, 3.8) is 0 Å². The number of hydrogen-bond acceptors (Lipinski definition) is 4. The van der Waals surface area contributed by atoms with Crippen LogP contribution in [-0.2, 0) is 5.41 Å². The van der Waals surface area contributed by atoms with Crippen molar-refractivity contribution in [2.45, 2.75) is 38.1 Å². The number of nitrogens with one attached hydrogen (secondary N) is 2. The van der Waals surface area contributed by atoms with Crippen LogP contribution in [0.4, 0.5) is 0 Å². The molecule has 1 aromatic heterocycles. The van der Waals surface area contributed by atoms with Crippen LogP contribution in [0, 0.1) is 0 Å². The number of rotatable bonds is 5. The number of piperidine rings is 1. The zero-order valence-electron chi connectivity index (χ0n) is 15.0. The Labute approximate surface area is 165 Å². The predicted octanol–water partition coefficient (Wildman–Crippen LogP) is 2.99. The molecule has 0 bridgehead atoms. The molecule has 0 aliphatic carbocycles. The number of amides is 1. The minimum absolute atomic E-state index is 0. The van der Waals surface area contributed by atoms with Crippen LogP contribution in [0.5, 0.6) is 0 Å². The monoisotopic (exact) mass is 397 g/mol. The highest BCUT2D eigenvalue weighted by molar-refractivity contribution is 6.31. The van der Waals surface area contributed by atoms with Gasteiger partial charge in [-0.25, -0.2) is 4.68 Å². The molecule has 26 heavy (non-hydrogen) atoms. The first kappa shape index (κ1) is 20.7. The molecule has 0 saturated carbocycles. The number of carbonyl (C=O) groups excluding carboxylic acids is 1. The van der Waals surface area contributed by atoms with Gasteiger partial charge in [-0.1, -0.05) is 48.9 Å². The SMILES string of the molecule is CC(C)(CNC(=O)c1cn(C2CCNCC2)nn1)c1ccccc1Cl.Cl. The summed E-state index contributed by atoms with van der Waals surface area (Å²) >= 11 is 6.29. The molecule has 2 heterocycles. The lowest BCUT2D eigenvalue weighted by Crippen LogP contribution is -2.37. The van der Waals surface area contributed by atoms with Crippen LogP contribution in [0.1, 0.15) is 48.8 Å². The maximum Gasteiger partial charge on any atom is 0.273 e. The van der Waals surface area contributed by atoms with Gasteiger partial charge in [0.25, 0.3) is 5.91 Å².